The first kappa shape index (κ1) is 18.7. The Balaban J connectivity index is 1.48. The molecular weight excluding hydrogens is 338 g/mol. The smallest absolute Gasteiger partial charge is 0.222 e. The summed E-state index contributed by atoms with van der Waals surface area (Å²) in [5, 5.41) is 3.45. The minimum atomic E-state index is 0.337. The van der Waals surface area contributed by atoms with E-state index in [-0.39, 0.29) is 0 Å². The molecule has 1 N–H and O–H groups in total. The molecule has 3 fully saturated rings. The highest BCUT2D eigenvalue weighted by Gasteiger charge is 2.28. The fourth-order valence-corrected chi connectivity index (χ4v) is 4.90. The molecule has 1 aromatic rings. The third kappa shape index (κ3) is 4.42. The Morgan fingerprint density at radius 3 is 2.74 bits per heavy atom. The molecule has 0 saturated carbocycles. The maximum absolute atomic E-state index is 11.9. The van der Waals surface area contributed by atoms with Gasteiger partial charge in [-0.3, -0.25) is 4.79 Å². The molecule has 27 heavy (non-hydrogen) atoms. The standard InChI is InChI=1S/C21H33N5O/c1-16-23-19(17-7-10-22-11-8-17)15-20(24-16)26-13-3-2-5-18(26)9-14-25-12-4-6-21(25)27/h15,17-18,22H,2-14H2,1H3. The maximum atomic E-state index is 11.9. The van der Waals surface area contributed by atoms with Crippen LogP contribution in [0.1, 0.15) is 68.8 Å². The largest absolute Gasteiger partial charge is 0.353 e. The summed E-state index contributed by atoms with van der Waals surface area (Å²) in [5.41, 5.74) is 1.22. The number of nitrogens with zero attached hydrogens (tertiary/aromatic N) is 4. The van der Waals surface area contributed by atoms with Crippen molar-refractivity contribution in [2.24, 2.45) is 0 Å². The van der Waals surface area contributed by atoms with Crippen LogP contribution in [0.2, 0.25) is 0 Å². The van der Waals surface area contributed by atoms with Crippen molar-refractivity contribution in [3.63, 3.8) is 0 Å². The fourth-order valence-electron chi connectivity index (χ4n) is 4.90. The topological polar surface area (TPSA) is 61.4 Å². The van der Waals surface area contributed by atoms with Crippen LogP contribution in [-0.2, 0) is 4.79 Å². The average Bonchev–Trinajstić information content (AvgIpc) is 3.11. The van der Waals surface area contributed by atoms with Gasteiger partial charge in [0.1, 0.15) is 11.6 Å². The molecule has 1 amide bonds. The molecule has 1 atom stereocenters. The van der Waals surface area contributed by atoms with Gasteiger partial charge in [0, 0.05) is 49.8 Å². The number of hydrogen-bond acceptors (Lipinski definition) is 5. The highest BCUT2D eigenvalue weighted by atomic mass is 16.2. The molecule has 0 bridgehead atoms. The van der Waals surface area contributed by atoms with E-state index in [2.05, 4.69) is 21.2 Å². The van der Waals surface area contributed by atoms with Crippen LogP contribution in [-0.4, -0.2) is 59.5 Å². The molecule has 3 aliphatic rings. The number of amides is 1. The van der Waals surface area contributed by atoms with Crippen LogP contribution in [0.25, 0.3) is 0 Å². The molecule has 6 nitrogen and oxygen atoms in total. The van der Waals surface area contributed by atoms with E-state index in [1.54, 1.807) is 0 Å². The number of nitrogens with one attached hydrogen (secondary N) is 1. The van der Waals surface area contributed by atoms with Gasteiger partial charge in [0.2, 0.25) is 5.91 Å². The second-order valence-corrected chi connectivity index (χ2v) is 8.34. The molecule has 0 aromatic carbocycles. The van der Waals surface area contributed by atoms with Gasteiger partial charge >= 0.3 is 0 Å². The van der Waals surface area contributed by atoms with E-state index < -0.39 is 0 Å². The lowest BCUT2D eigenvalue weighted by atomic mass is 9.93. The van der Waals surface area contributed by atoms with Crippen molar-refractivity contribution in [3.05, 3.63) is 17.6 Å². The lowest BCUT2D eigenvalue weighted by Gasteiger charge is -2.38. The summed E-state index contributed by atoms with van der Waals surface area (Å²) in [6, 6.07) is 2.74. The van der Waals surface area contributed by atoms with Gasteiger partial charge in [0.25, 0.3) is 0 Å². The van der Waals surface area contributed by atoms with Crippen molar-refractivity contribution in [1.29, 1.82) is 0 Å². The molecule has 0 spiro atoms. The van der Waals surface area contributed by atoms with Crippen molar-refractivity contribution in [2.45, 2.75) is 70.3 Å². The van der Waals surface area contributed by atoms with Gasteiger partial charge in [0.05, 0.1) is 0 Å². The van der Waals surface area contributed by atoms with E-state index in [4.69, 9.17) is 9.97 Å². The summed E-state index contributed by atoms with van der Waals surface area (Å²) in [4.78, 5) is 26.1. The van der Waals surface area contributed by atoms with Crippen molar-refractivity contribution < 1.29 is 4.79 Å². The van der Waals surface area contributed by atoms with Crippen LogP contribution in [0.4, 0.5) is 5.82 Å². The molecule has 0 radical (unpaired) electrons. The van der Waals surface area contributed by atoms with Crippen molar-refractivity contribution >= 4 is 11.7 Å². The van der Waals surface area contributed by atoms with E-state index in [0.29, 0.717) is 17.9 Å². The van der Waals surface area contributed by atoms with Crippen LogP contribution < -0.4 is 10.2 Å². The summed E-state index contributed by atoms with van der Waals surface area (Å²) < 4.78 is 0. The number of likely N-dealkylation sites (tertiary alicyclic amines) is 1. The van der Waals surface area contributed by atoms with Gasteiger partial charge in [-0.15, -0.1) is 0 Å². The summed E-state index contributed by atoms with van der Waals surface area (Å²) in [5.74, 6) is 2.88. The summed E-state index contributed by atoms with van der Waals surface area (Å²) in [6.45, 7) is 7.10. The Hall–Kier alpha value is -1.69. The molecule has 1 unspecified atom stereocenters. The molecule has 4 heterocycles. The third-order valence-electron chi connectivity index (χ3n) is 6.43. The second kappa shape index (κ2) is 8.55. The highest BCUT2D eigenvalue weighted by Crippen LogP contribution is 2.30. The van der Waals surface area contributed by atoms with E-state index in [9.17, 15) is 4.79 Å². The first-order valence-electron chi connectivity index (χ1n) is 10.8. The number of piperidine rings is 2. The minimum Gasteiger partial charge on any atom is -0.353 e. The lowest BCUT2D eigenvalue weighted by molar-refractivity contribution is -0.127. The molecule has 6 heteroatoms. The van der Waals surface area contributed by atoms with E-state index in [0.717, 1.165) is 76.5 Å². The maximum Gasteiger partial charge on any atom is 0.222 e. The lowest BCUT2D eigenvalue weighted by Crippen LogP contribution is -2.42. The van der Waals surface area contributed by atoms with Gasteiger partial charge in [-0.1, -0.05) is 0 Å². The normalized spacial score (nSPS) is 24.6. The summed E-state index contributed by atoms with van der Waals surface area (Å²) in [7, 11) is 0. The van der Waals surface area contributed by atoms with Gasteiger partial charge < -0.3 is 15.1 Å². The Kier molecular flexibility index (Phi) is 5.91. The van der Waals surface area contributed by atoms with E-state index in [1.165, 1.54) is 25.0 Å². The van der Waals surface area contributed by atoms with Gasteiger partial charge in [0.15, 0.2) is 0 Å². The molecule has 4 rings (SSSR count). The molecule has 0 aliphatic carbocycles. The van der Waals surface area contributed by atoms with Crippen LogP contribution in [0.3, 0.4) is 0 Å². The van der Waals surface area contributed by atoms with Gasteiger partial charge in [-0.2, -0.15) is 0 Å². The molecule has 148 valence electrons. The monoisotopic (exact) mass is 371 g/mol. The third-order valence-corrected chi connectivity index (χ3v) is 6.43. The predicted octanol–water partition coefficient (Wildman–Crippen LogP) is 2.62. The van der Waals surface area contributed by atoms with Crippen molar-refractivity contribution in [2.75, 3.05) is 37.6 Å². The second-order valence-electron chi connectivity index (χ2n) is 8.34. The van der Waals surface area contributed by atoms with Gasteiger partial charge in [-0.25, -0.2) is 9.97 Å². The quantitative estimate of drug-likeness (QED) is 0.862. The molecular formula is C21H33N5O. The number of aromatic nitrogens is 2. The summed E-state index contributed by atoms with van der Waals surface area (Å²) >= 11 is 0. The number of rotatable bonds is 5. The number of hydrogen-bond donors (Lipinski definition) is 1. The molecule has 3 aliphatic heterocycles. The number of anilines is 1. The van der Waals surface area contributed by atoms with Crippen molar-refractivity contribution in [3.8, 4) is 0 Å². The highest BCUT2D eigenvalue weighted by molar-refractivity contribution is 5.78. The SMILES string of the molecule is Cc1nc(C2CCNCC2)cc(N2CCCCC2CCN2CCCC2=O)n1. The number of aryl methyl sites for hydroxylation is 1. The zero-order chi connectivity index (χ0) is 18.6. The Morgan fingerprint density at radius 1 is 1.11 bits per heavy atom. The number of carbonyl (C=O) groups excluding carboxylic acids is 1. The van der Waals surface area contributed by atoms with E-state index in [1.807, 2.05) is 6.92 Å². The predicted molar refractivity (Wildman–Crippen MR) is 107 cm³/mol. The van der Waals surface area contributed by atoms with Crippen molar-refractivity contribution in [1.82, 2.24) is 20.2 Å². The zero-order valence-electron chi connectivity index (χ0n) is 16.6. The summed E-state index contributed by atoms with van der Waals surface area (Å²) in [6.07, 6.45) is 8.85. The van der Waals surface area contributed by atoms with Crippen LogP contribution in [0.5, 0.6) is 0 Å². The minimum absolute atomic E-state index is 0.337. The van der Waals surface area contributed by atoms with Gasteiger partial charge in [-0.05, 0) is 65.0 Å². The molecule has 3 saturated heterocycles. The Morgan fingerprint density at radius 2 is 1.96 bits per heavy atom. The number of carbonyl (C=O) groups is 1. The molecule has 1 aromatic heterocycles. The Labute approximate surface area is 162 Å². The first-order valence-corrected chi connectivity index (χ1v) is 10.8. The fraction of sp³-hybridized carbons (Fsp3) is 0.762. The average molecular weight is 372 g/mol. The van der Waals surface area contributed by atoms with Crippen LogP contribution in [0.15, 0.2) is 6.07 Å². The zero-order valence-corrected chi connectivity index (χ0v) is 16.6. The van der Waals surface area contributed by atoms with Crippen LogP contribution in [0, 0.1) is 6.92 Å². The van der Waals surface area contributed by atoms with Crippen LogP contribution >= 0.6 is 0 Å². The first-order chi connectivity index (χ1) is 13.2. The Bertz CT molecular complexity index is 658. The van der Waals surface area contributed by atoms with E-state index >= 15 is 0 Å².